The maximum Gasteiger partial charge on any atom is 0.0159 e. The summed E-state index contributed by atoms with van der Waals surface area (Å²) in [5, 5.41) is 7.61. The Hall–Kier alpha value is -6.24. The van der Waals surface area contributed by atoms with Crippen molar-refractivity contribution in [1.29, 1.82) is 0 Å². The Morgan fingerprint density at radius 3 is 1.73 bits per heavy atom. The molecule has 0 aliphatic heterocycles. The SMILES string of the molecule is CC1(C)c2ccccc2-c2c(-c3c4ccccc4c(-c4cccc(-c5ccc6ccccc6c5)c4)c4ccc(-c5ccccc5)cc34)cccc21. The standard InChI is InChI=1S/C51H36/c1-51(2)46-24-11-10-22-43(46)50-44(23-13-25-47(50)51)49-41-21-9-8-20-40(41)48(42-29-28-38(32-45(42)49)33-14-4-3-5-15-33)39-19-12-18-36(31-39)37-27-26-34-16-6-7-17-35(34)30-37/h3-32H,1-2H3. The average Bonchev–Trinajstić information content (AvgIpc) is 3.43. The number of benzene rings is 9. The van der Waals surface area contributed by atoms with Crippen LogP contribution in [0.15, 0.2) is 182 Å². The van der Waals surface area contributed by atoms with Gasteiger partial charge in [-0.25, -0.2) is 0 Å². The molecule has 0 unspecified atom stereocenters. The minimum atomic E-state index is -0.0775. The molecule has 0 heterocycles. The molecule has 9 aromatic rings. The van der Waals surface area contributed by atoms with Gasteiger partial charge in [0.15, 0.2) is 0 Å². The van der Waals surface area contributed by atoms with Crippen molar-refractivity contribution in [1.82, 2.24) is 0 Å². The van der Waals surface area contributed by atoms with Crippen molar-refractivity contribution >= 4 is 32.3 Å². The molecule has 1 aliphatic carbocycles. The van der Waals surface area contributed by atoms with Crippen LogP contribution in [-0.4, -0.2) is 0 Å². The van der Waals surface area contributed by atoms with Crippen LogP contribution in [0.5, 0.6) is 0 Å². The molecule has 1 aliphatic rings. The average molecular weight is 649 g/mol. The number of rotatable bonds is 4. The third-order valence-electron chi connectivity index (χ3n) is 11.2. The second-order valence-electron chi connectivity index (χ2n) is 14.5. The summed E-state index contributed by atoms with van der Waals surface area (Å²) in [6, 6.07) is 67.5. The van der Waals surface area contributed by atoms with E-state index in [2.05, 4.69) is 196 Å². The molecule has 0 saturated heterocycles. The first-order chi connectivity index (χ1) is 25.1. The Bertz CT molecular complexity index is 2820. The van der Waals surface area contributed by atoms with Crippen LogP contribution >= 0.6 is 0 Å². The molecule has 0 amide bonds. The van der Waals surface area contributed by atoms with Gasteiger partial charge in [0.25, 0.3) is 0 Å². The highest BCUT2D eigenvalue weighted by Gasteiger charge is 2.37. The van der Waals surface area contributed by atoms with Gasteiger partial charge in [0.05, 0.1) is 0 Å². The van der Waals surface area contributed by atoms with E-state index in [1.54, 1.807) is 0 Å². The highest BCUT2D eigenvalue weighted by molar-refractivity contribution is 6.23. The molecular weight excluding hydrogens is 613 g/mol. The summed E-state index contributed by atoms with van der Waals surface area (Å²) in [6.45, 7) is 4.74. The van der Waals surface area contributed by atoms with E-state index in [9.17, 15) is 0 Å². The maximum absolute atomic E-state index is 2.44. The van der Waals surface area contributed by atoms with Crippen LogP contribution in [0.3, 0.4) is 0 Å². The summed E-state index contributed by atoms with van der Waals surface area (Å²) in [7, 11) is 0. The lowest BCUT2D eigenvalue weighted by molar-refractivity contribution is 0.660. The molecule has 0 spiro atoms. The molecule has 0 heteroatoms. The first-order valence-corrected chi connectivity index (χ1v) is 17.9. The lowest BCUT2D eigenvalue weighted by Crippen LogP contribution is -2.14. The summed E-state index contributed by atoms with van der Waals surface area (Å²) in [5.74, 6) is 0. The van der Waals surface area contributed by atoms with Gasteiger partial charge in [-0.1, -0.05) is 178 Å². The summed E-state index contributed by atoms with van der Waals surface area (Å²) < 4.78 is 0. The molecule has 0 nitrogen and oxygen atoms in total. The van der Waals surface area contributed by atoms with Crippen molar-refractivity contribution in [2.45, 2.75) is 19.3 Å². The molecule has 0 atom stereocenters. The normalized spacial score (nSPS) is 13.1. The van der Waals surface area contributed by atoms with Gasteiger partial charge in [-0.05, 0) is 117 Å². The molecule has 240 valence electrons. The summed E-state index contributed by atoms with van der Waals surface area (Å²) in [5.41, 5.74) is 15.4. The van der Waals surface area contributed by atoms with Crippen molar-refractivity contribution in [2.24, 2.45) is 0 Å². The Morgan fingerprint density at radius 2 is 0.863 bits per heavy atom. The van der Waals surface area contributed by atoms with Gasteiger partial charge >= 0.3 is 0 Å². The van der Waals surface area contributed by atoms with Crippen LogP contribution < -0.4 is 0 Å². The van der Waals surface area contributed by atoms with E-state index in [4.69, 9.17) is 0 Å². The first-order valence-electron chi connectivity index (χ1n) is 17.9. The van der Waals surface area contributed by atoms with E-state index in [1.165, 1.54) is 99.1 Å². The molecule has 0 aromatic heterocycles. The van der Waals surface area contributed by atoms with E-state index in [0.29, 0.717) is 0 Å². The predicted molar refractivity (Wildman–Crippen MR) is 218 cm³/mol. The van der Waals surface area contributed by atoms with E-state index in [-0.39, 0.29) is 5.41 Å². The third kappa shape index (κ3) is 4.60. The zero-order valence-corrected chi connectivity index (χ0v) is 28.8. The van der Waals surface area contributed by atoms with Crippen molar-refractivity contribution in [3.8, 4) is 55.6 Å². The topological polar surface area (TPSA) is 0 Å². The van der Waals surface area contributed by atoms with E-state index < -0.39 is 0 Å². The van der Waals surface area contributed by atoms with Crippen LogP contribution in [0, 0.1) is 0 Å². The lowest BCUT2D eigenvalue weighted by atomic mass is 9.80. The van der Waals surface area contributed by atoms with Crippen LogP contribution in [0.4, 0.5) is 0 Å². The van der Waals surface area contributed by atoms with Gasteiger partial charge in [0, 0.05) is 5.41 Å². The van der Waals surface area contributed by atoms with E-state index in [1.807, 2.05) is 0 Å². The fourth-order valence-electron chi connectivity index (χ4n) is 8.78. The van der Waals surface area contributed by atoms with Crippen LogP contribution in [0.2, 0.25) is 0 Å². The highest BCUT2D eigenvalue weighted by Crippen LogP contribution is 2.54. The zero-order chi connectivity index (χ0) is 34.1. The van der Waals surface area contributed by atoms with Gasteiger partial charge in [-0.2, -0.15) is 0 Å². The molecule has 0 saturated carbocycles. The minimum absolute atomic E-state index is 0.0775. The highest BCUT2D eigenvalue weighted by atomic mass is 14.4. The van der Waals surface area contributed by atoms with Gasteiger partial charge < -0.3 is 0 Å². The van der Waals surface area contributed by atoms with Gasteiger partial charge in [-0.3, -0.25) is 0 Å². The van der Waals surface area contributed by atoms with Gasteiger partial charge in [0.1, 0.15) is 0 Å². The largest absolute Gasteiger partial charge is 0.0622 e. The Balaban J connectivity index is 1.29. The van der Waals surface area contributed by atoms with E-state index in [0.717, 1.165) is 0 Å². The van der Waals surface area contributed by atoms with Crippen molar-refractivity contribution in [2.75, 3.05) is 0 Å². The molecule has 9 aromatic carbocycles. The predicted octanol–water partition coefficient (Wildman–Crippen LogP) is 14.1. The second-order valence-corrected chi connectivity index (χ2v) is 14.5. The quantitative estimate of drug-likeness (QED) is 0.167. The number of fused-ring (bicyclic) bond motifs is 6. The Labute approximate surface area is 299 Å². The summed E-state index contributed by atoms with van der Waals surface area (Å²) >= 11 is 0. The zero-order valence-electron chi connectivity index (χ0n) is 28.8. The molecule has 0 fully saturated rings. The smallest absolute Gasteiger partial charge is 0.0159 e. The fourth-order valence-corrected chi connectivity index (χ4v) is 8.78. The maximum atomic E-state index is 2.44. The minimum Gasteiger partial charge on any atom is -0.0622 e. The lowest BCUT2D eigenvalue weighted by Gasteiger charge is -2.23. The first kappa shape index (κ1) is 29.7. The van der Waals surface area contributed by atoms with Gasteiger partial charge in [-0.15, -0.1) is 0 Å². The third-order valence-corrected chi connectivity index (χ3v) is 11.2. The van der Waals surface area contributed by atoms with Gasteiger partial charge in [0.2, 0.25) is 0 Å². The summed E-state index contributed by atoms with van der Waals surface area (Å²) in [4.78, 5) is 0. The monoisotopic (exact) mass is 648 g/mol. The molecule has 0 radical (unpaired) electrons. The summed E-state index contributed by atoms with van der Waals surface area (Å²) in [6.07, 6.45) is 0. The van der Waals surface area contributed by atoms with Crippen LogP contribution in [0.1, 0.15) is 25.0 Å². The van der Waals surface area contributed by atoms with Crippen LogP contribution in [-0.2, 0) is 5.41 Å². The van der Waals surface area contributed by atoms with Crippen molar-refractivity contribution in [3.05, 3.63) is 193 Å². The number of hydrogen-bond donors (Lipinski definition) is 0. The molecule has 10 rings (SSSR count). The van der Waals surface area contributed by atoms with E-state index >= 15 is 0 Å². The van der Waals surface area contributed by atoms with Crippen LogP contribution in [0.25, 0.3) is 88.0 Å². The fraction of sp³-hybridized carbons (Fsp3) is 0.0588. The molecule has 51 heavy (non-hydrogen) atoms. The molecule has 0 N–H and O–H groups in total. The number of hydrogen-bond acceptors (Lipinski definition) is 0. The molecular formula is C51H36. The van der Waals surface area contributed by atoms with Crippen molar-refractivity contribution < 1.29 is 0 Å². The Kier molecular flexibility index (Phi) is 6.63. The molecule has 0 bridgehead atoms. The van der Waals surface area contributed by atoms with Crippen molar-refractivity contribution in [3.63, 3.8) is 0 Å². The Morgan fingerprint density at radius 1 is 0.294 bits per heavy atom. The second kappa shape index (κ2) is 11.4.